The average molecular weight is 397 g/mol. The maximum atomic E-state index is 12.8. The first kappa shape index (κ1) is 20.6. The van der Waals surface area contributed by atoms with Crippen molar-refractivity contribution in [1.29, 1.82) is 0 Å². The standard InChI is InChI=1S/C22H27N3O4/c1-29-22(28)14-17-13-21(27)25(19-10-6-5-9-18(19)24-17)15-20(26)23-12-11-16-7-3-2-4-8-16/h5-7,9-10,13,24H,2-4,8,11-12,14-15H2,1H3,(H,23,26). The largest absolute Gasteiger partial charge is 0.469 e. The molecule has 0 aromatic heterocycles. The van der Waals surface area contributed by atoms with Gasteiger partial charge >= 0.3 is 5.97 Å². The number of anilines is 2. The summed E-state index contributed by atoms with van der Waals surface area (Å²) in [6.45, 7) is 0.481. The molecule has 1 aromatic carbocycles. The predicted molar refractivity (Wildman–Crippen MR) is 111 cm³/mol. The van der Waals surface area contributed by atoms with Crippen LogP contribution in [-0.2, 0) is 19.1 Å². The highest BCUT2D eigenvalue weighted by Gasteiger charge is 2.24. The van der Waals surface area contributed by atoms with E-state index in [-0.39, 0.29) is 24.8 Å². The summed E-state index contributed by atoms with van der Waals surface area (Å²) in [6, 6.07) is 7.21. The summed E-state index contributed by atoms with van der Waals surface area (Å²) in [5, 5.41) is 6.02. The molecular formula is C22H27N3O4. The van der Waals surface area contributed by atoms with Crippen molar-refractivity contribution in [2.24, 2.45) is 0 Å². The summed E-state index contributed by atoms with van der Waals surface area (Å²) >= 11 is 0. The van der Waals surface area contributed by atoms with Crippen LogP contribution in [-0.4, -0.2) is 38.0 Å². The minimum Gasteiger partial charge on any atom is -0.469 e. The number of allylic oxidation sites excluding steroid dienone is 1. The number of hydrogen-bond donors (Lipinski definition) is 2. The van der Waals surface area contributed by atoms with Crippen molar-refractivity contribution < 1.29 is 19.1 Å². The Labute approximate surface area is 170 Å². The lowest BCUT2D eigenvalue weighted by Gasteiger charge is -2.22. The highest BCUT2D eigenvalue weighted by molar-refractivity contribution is 6.09. The lowest BCUT2D eigenvalue weighted by molar-refractivity contribution is -0.139. The molecule has 0 saturated carbocycles. The van der Waals surface area contributed by atoms with Crippen molar-refractivity contribution in [1.82, 2.24) is 5.32 Å². The quantitative estimate of drug-likeness (QED) is 0.546. The number of rotatable bonds is 7. The van der Waals surface area contributed by atoms with Gasteiger partial charge in [-0.05, 0) is 44.2 Å². The molecule has 154 valence electrons. The van der Waals surface area contributed by atoms with Gasteiger partial charge in [0.15, 0.2) is 0 Å². The molecule has 1 aliphatic carbocycles. The van der Waals surface area contributed by atoms with E-state index in [1.54, 1.807) is 18.2 Å². The van der Waals surface area contributed by atoms with Gasteiger partial charge in [0.05, 0.1) is 24.9 Å². The first-order valence-electron chi connectivity index (χ1n) is 9.96. The van der Waals surface area contributed by atoms with Crippen LogP contribution in [0.15, 0.2) is 47.7 Å². The topological polar surface area (TPSA) is 87.7 Å². The molecule has 0 bridgehead atoms. The molecule has 3 rings (SSSR count). The summed E-state index contributed by atoms with van der Waals surface area (Å²) < 4.78 is 4.69. The van der Waals surface area contributed by atoms with Gasteiger partial charge in [-0.3, -0.25) is 19.3 Å². The van der Waals surface area contributed by atoms with Crippen molar-refractivity contribution in [3.8, 4) is 0 Å². The Kier molecular flexibility index (Phi) is 7.05. The average Bonchev–Trinajstić information content (AvgIpc) is 2.85. The van der Waals surface area contributed by atoms with Crippen LogP contribution in [0.25, 0.3) is 0 Å². The molecule has 2 amide bonds. The second-order valence-corrected chi connectivity index (χ2v) is 7.20. The molecule has 1 aliphatic heterocycles. The van der Waals surface area contributed by atoms with E-state index in [1.165, 1.54) is 36.5 Å². The number of methoxy groups -OCH3 is 1. The Morgan fingerprint density at radius 2 is 2.07 bits per heavy atom. The molecule has 1 heterocycles. The van der Waals surface area contributed by atoms with Gasteiger partial charge in [0, 0.05) is 18.3 Å². The zero-order valence-corrected chi connectivity index (χ0v) is 16.7. The van der Waals surface area contributed by atoms with Crippen molar-refractivity contribution in [2.45, 2.75) is 38.5 Å². The van der Waals surface area contributed by atoms with E-state index >= 15 is 0 Å². The number of hydrogen-bond acceptors (Lipinski definition) is 5. The number of nitrogens with one attached hydrogen (secondary N) is 2. The molecule has 0 saturated heterocycles. The normalized spacial score (nSPS) is 16.0. The third-order valence-electron chi connectivity index (χ3n) is 5.07. The van der Waals surface area contributed by atoms with Gasteiger partial charge in [0.2, 0.25) is 5.91 Å². The zero-order chi connectivity index (χ0) is 20.6. The van der Waals surface area contributed by atoms with Gasteiger partial charge in [-0.25, -0.2) is 0 Å². The molecule has 29 heavy (non-hydrogen) atoms. The number of carbonyl (C=O) groups excluding carboxylic acids is 3. The number of esters is 1. The Morgan fingerprint density at radius 1 is 1.24 bits per heavy atom. The number of amides is 2. The minimum atomic E-state index is -0.447. The first-order chi connectivity index (χ1) is 14.1. The number of ether oxygens (including phenoxy) is 1. The van der Waals surface area contributed by atoms with Crippen molar-refractivity contribution >= 4 is 29.2 Å². The molecule has 1 aromatic rings. The van der Waals surface area contributed by atoms with Crippen LogP contribution in [0.3, 0.4) is 0 Å². The minimum absolute atomic E-state index is 0.0499. The second kappa shape index (κ2) is 9.91. The number of fused-ring (bicyclic) bond motifs is 1. The number of carbonyl (C=O) groups is 3. The second-order valence-electron chi connectivity index (χ2n) is 7.20. The fourth-order valence-corrected chi connectivity index (χ4v) is 3.55. The van der Waals surface area contributed by atoms with Gasteiger partial charge in [-0.2, -0.15) is 0 Å². The zero-order valence-electron chi connectivity index (χ0n) is 16.7. The van der Waals surface area contributed by atoms with Gasteiger partial charge in [0.1, 0.15) is 6.54 Å². The Hall–Kier alpha value is -3.09. The van der Waals surface area contributed by atoms with Gasteiger partial charge in [-0.1, -0.05) is 23.8 Å². The highest BCUT2D eigenvalue weighted by Crippen LogP contribution is 2.30. The van der Waals surface area contributed by atoms with E-state index in [0.717, 1.165) is 19.3 Å². The Balaban J connectivity index is 1.66. The van der Waals surface area contributed by atoms with E-state index in [9.17, 15) is 14.4 Å². The number of benzene rings is 1. The van der Waals surface area contributed by atoms with E-state index in [0.29, 0.717) is 23.6 Å². The molecule has 2 N–H and O–H groups in total. The predicted octanol–water partition coefficient (Wildman–Crippen LogP) is 2.90. The van der Waals surface area contributed by atoms with Crippen LogP contribution >= 0.6 is 0 Å². The SMILES string of the molecule is COC(=O)CC1=CC(=O)N(CC(=O)NCCC2=CCCCC2)c2ccccc2N1. The first-order valence-corrected chi connectivity index (χ1v) is 9.96. The van der Waals surface area contributed by atoms with Gasteiger partial charge in [-0.15, -0.1) is 0 Å². The van der Waals surface area contributed by atoms with Crippen LogP contribution in [0.4, 0.5) is 11.4 Å². The van der Waals surface area contributed by atoms with Gasteiger partial charge in [0.25, 0.3) is 5.91 Å². The van der Waals surface area contributed by atoms with Crippen molar-refractivity contribution in [3.63, 3.8) is 0 Å². The molecule has 0 fully saturated rings. The molecular weight excluding hydrogens is 370 g/mol. The van der Waals surface area contributed by atoms with Crippen LogP contribution in [0, 0.1) is 0 Å². The Morgan fingerprint density at radius 3 is 2.83 bits per heavy atom. The summed E-state index contributed by atoms with van der Waals surface area (Å²) in [5.41, 5.74) is 3.08. The summed E-state index contributed by atoms with van der Waals surface area (Å²) in [5.74, 6) is -1.02. The van der Waals surface area contributed by atoms with E-state index in [2.05, 4.69) is 21.4 Å². The molecule has 0 spiro atoms. The maximum absolute atomic E-state index is 12.8. The van der Waals surface area contributed by atoms with Crippen LogP contribution in [0.1, 0.15) is 38.5 Å². The van der Waals surface area contributed by atoms with Gasteiger partial charge < -0.3 is 15.4 Å². The maximum Gasteiger partial charge on any atom is 0.311 e. The lowest BCUT2D eigenvalue weighted by Crippen LogP contribution is -2.40. The molecule has 7 heteroatoms. The fraction of sp³-hybridized carbons (Fsp3) is 0.409. The summed E-state index contributed by atoms with van der Waals surface area (Å²) in [4.78, 5) is 38.3. The number of nitrogens with zero attached hydrogens (tertiary/aromatic N) is 1. The fourth-order valence-electron chi connectivity index (χ4n) is 3.55. The highest BCUT2D eigenvalue weighted by atomic mass is 16.5. The van der Waals surface area contributed by atoms with E-state index < -0.39 is 5.97 Å². The number of para-hydroxylation sites is 2. The summed E-state index contributed by atoms with van der Waals surface area (Å²) in [6.07, 6.45) is 9.09. The molecule has 2 aliphatic rings. The van der Waals surface area contributed by atoms with E-state index in [4.69, 9.17) is 0 Å². The van der Waals surface area contributed by atoms with Crippen molar-refractivity contribution in [2.75, 3.05) is 30.4 Å². The smallest absolute Gasteiger partial charge is 0.311 e. The summed E-state index contributed by atoms with van der Waals surface area (Å²) in [7, 11) is 1.30. The lowest BCUT2D eigenvalue weighted by atomic mass is 9.97. The Bertz CT molecular complexity index is 844. The van der Waals surface area contributed by atoms with Crippen LogP contribution in [0.5, 0.6) is 0 Å². The monoisotopic (exact) mass is 397 g/mol. The molecule has 7 nitrogen and oxygen atoms in total. The van der Waals surface area contributed by atoms with Crippen LogP contribution in [0.2, 0.25) is 0 Å². The molecule has 0 atom stereocenters. The third-order valence-corrected chi connectivity index (χ3v) is 5.07. The van der Waals surface area contributed by atoms with Crippen LogP contribution < -0.4 is 15.5 Å². The third kappa shape index (κ3) is 5.70. The van der Waals surface area contributed by atoms with E-state index in [1.807, 2.05) is 6.07 Å². The molecule has 0 radical (unpaired) electrons. The van der Waals surface area contributed by atoms with Crippen molar-refractivity contribution in [3.05, 3.63) is 47.7 Å². The molecule has 0 unspecified atom stereocenters.